The number of carbonyl (C=O) groups excluding carboxylic acids is 2. The summed E-state index contributed by atoms with van der Waals surface area (Å²) in [6, 6.07) is 13.9. The van der Waals surface area contributed by atoms with Crippen LogP contribution in [0.4, 0.5) is 5.13 Å². The molecule has 0 saturated heterocycles. The van der Waals surface area contributed by atoms with E-state index < -0.39 is 23.1 Å². The molecule has 6 nitrogen and oxygen atoms in total. The number of aliphatic hydroxyl groups excluding tert-OH is 1. The van der Waals surface area contributed by atoms with Crippen molar-refractivity contribution in [2.45, 2.75) is 26.8 Å². The zero-order valence-electron chi connectivity index (χ0n) is 17.2. The van der Waals surface area contributed by atoms with E-state index in [0.717, 1.165) is 10.2 Å². The first-order valence-electron chi connectivity index (χ1n) is 9.54. The quantitative estimate of drug-likeness (QED) is 0.652. The summed E-state index contributed by atoms with van der Waals surface area (Å²) < 4.78 is 6.43. The van der Waals surface area contributed by atoms with Crippen molar-refractivity contribution < 1.29 is 19.4 Å². The average Bonchev–Trinajstić information content (AvgIpc) is 3.25. The number of amides is 1. The minimum Gasteiger partial charge on any atom is -0.503 e. The number of nitrogens with zero attached hydrogens (tertiary/aromatic N) is 2. The van der Waals surface area contributed by atoms with Crippen LogP contribution in [0.2, 0.25) is 0 Å². The maximum absolute atomic E-state index is 13.3. The molecule has 1 unspecified atom stereocenters. The average molecular weight is 423 g/mol. The Kier molecular flexibility index (Phi) is 4.86. The SMILES string of the molecule is COc1ccccc1C1C(C(=O)C(C)(C)C)=C(O)C(=O)N1c1nc2ccccc2s1. The maximum atomic E-state index is 13.3. The van der Waals surface area contributed by atoms with Crippen molar-refractivity contribution >= 4 is 38.4 Å². The number of benzene rings is 2. The molecule has 0 spiro atoms. The summed E-state index contributed by atoms with van der Waals surface area (Å²) in [5.74, 6) is -0.953. The van der Waals surface area contributed by atoms with Crippen LogP contribution in [0.25, 0.3) is 10.2 Å². The summed E-state index contributed by atoms with van der Waals surface area (Å²) in [4.78, 5) is 32.5. The molecule has 4 rings (SSSR count). The van der Waals surface area contributed by atoms with Crippen molar-refractivity contribution in [1.29, 1.82) is 0 Å². The highest BCUT2D eigenvalue weighted by atomic mass is 32.1. The van der Waals surface area contributed by atoms with E-state index in [2.05, 4.69) is 4.98 Å². The van der Waals surface area contributed by atoms with Gasteiger partial charge in [-0.1, -0.05) is 62.4 Å². The number of carbonyl (C=O) groups is 2. The van der Waals surface area contributed by atoms with Crippen LogP contribution >= 0.6 is 11.3 Å². The van der Waals surface area contributed by atoms with Gasteiger partial charge in [-0.3, -0.25) is 14.5 Å². The lowest BCUT2D eigenvalue weighted by atomic mass is 9.82. The number of thiazole rings is 1. The van der Waals surface area contributed by atoms with Crippen LogP contribution in [0.1, 0.15) is 32.4 Å². The predicted octanol–water partition coefficient (Wildman–Crippen LogP) is 4.82. The lowest BCUT2D eigenvalue weighted by Crippen LogP contribution is -2.33. The monoisotopic (exact) mass is 422 g/mol. The van der Waals surface area contributed by atoms with Crippen molar-refractivity contribution in [2.24, 2.45) is 5.41 Å². The molecule has 0 saturated carbocycles. The summed E-state index contributed by atoms with van der Waals surface area (Å²) in [6.07, 6.45) is 0. The van der Waals surface area contributed by atoms with Crippen molar-refractivity contribution in [3.63, 3.8) is 0 Å². The van der Waals surface area contributed by atoms with Gasteiger partial charge in [-0.15, -0.1) is 0 Å². The molecule has 0 radical (unpaired) electrons. The third kappa shape index (κ3) is 3.15. The van der Waals surface area contributed by atoms with Gasteiger partial charge < -0.3 is 9.84 Å². The molecule has 154 valence electrons. The standard InChI is InChI=1S/C23H22N2O4S/c1-23(2,3)20(27)17-18(13-9-5-7-11-15(13)29-4)25(21(28)19(17)26)22-24-14-10-6-8-12-16(14)30-22/h5-12,18,26H,1-4H3. The summed E-state index contributed by atoms with van der Waals surface area (Å²) in [6.45, 7) is 5.29. The van der Waals surface area contributed by atoms with Crippen molar-refractivity contribution in [2.75, 3.05) is 12.0 Å². The largest absolute Gasteiger partial charge is 0.503 e. The molecule has 0 bridgehead atoms. The number of methoxy groups -OCH3 is 1. The molecule has 1 N–H and O–H groups in total. The number of aromatic nitrogens is 1. The van der Waals surface area contributed by atoms with E-state index in [-0.39, 0.29) is 11.4 Å². The Balaban J connectivity index is 1.95. The number of hydrogen-bond acceptors (Lipinski definition) is 6. The highest BCUT2D eigenvalue weighted by Gasteiger charge is 2.48. The number of ketones is 1. The smallest absolute Gasteiger partial charge is 0.296 e. The Morgan fingerprint density at radius 1 is 1.13 bits per heavy atom. The molecule has 1 aliphatic heterocycles. The summed E-state index contributed by atoms with van der Waals surface area (Å²) in [5, 5.41) is 11.2. The maximum Gasteiger partial charge on any atom is 0.296 e. The van der Waals surface area contributed by atoms with E-state index in [4.69, 9.17) is 4.74 Å². The number of ether oxygens (including phenoxy) is 1. The second kappa shape index (κ2) is 7.25. The van der Waals surface area contributed by atoms with Gasteiger partial charge in [-0.25, -0.2) is 4.98 Å². The molecule has 2 aromatic carbocycles. The number of hydrogen-bond donors (Lipinski definition) is 1. The minimum atomic E-state index is -0.832. The van der Waals surface area contributed by atoms with Crippen LogP contribution in [-0.2, 0) is 9.59 Å². The lowest BCUT2D eigenvalue weighted by Gasteiger charge is -2.28. The van der Waals surface area contributed by atoms with Crippen molar-refractivity contribution in [1.82, 2.24) is 4.98 Å². The summed E-state index contributed by atoms with van der Waals surface area (Å²) >= 11 is 1.34. The number of rotatable bonds is 4. The van der Waals surface area contributed by atoms with Crippen LogP contribution in [0, 0.1) is 5.41 Å². The molecule has 1 aliphatic rings. The Labute approximate surface area is 178 Å². The molecule has 7 heteroatoms. The number of anilines is 1. The Bertz CT molecular complexity index is 1160. The van der Waals surface area contributed by atoms with Gasteiger partial charge in [-0.2, -0.15) is 0 Å². The van der Waals surface area contributed by atoms with Crippen LogP contribution in [0.3, 0.4) is 0 Å². The zero-order chi connectivity index (χ0) is 21.6. The number of para-hydroxylation sites is 2. The fraction of sp³-hybridized carbons (Fsp3) is 0.261. The first kappa shape index (κ1) is 20.1. The molecule has 0 fully saturated rings. The van der Waals surface area contributed by atoms with E-state index in [0.29, 0.717) is 16.4 Å². The molecule has 3 aromatic rings. The Morgan fingerprint density at radius 2 is 1.80 bits per heavy atom. The fourth-order valence-electron chi connectivity index (χ4n) is 3.59. The Morgan fingerprint density at radius 3 is 2.47 bits per heavy atom. The first-order chi connectivity index (χ1) is 14.2. The van der Waals surface area contributed by atoms with E-state index in [1.54, 1.807) is 32.9 Å². The van der Waals surface area contributed by atoms with Gasteiger partial charge in [-0.05, 0) is 18.2 Å². The van der Waals surface area contributed by atoms with Crippen LogP contribution in [-0.4, -0.2) is 28.9 Å². The molecular weight excluding hydrogens is 400 g/mol. The van der Waals surface area contributed by atoms with Gasteiger partial charge in [0.05, 0.1) is 22.9 Å². The zero-order valence-corrected chi connectivity index (χ0v) is 18.0. The number of aliphatic hydroxyl groups is 1. The molecule has 1 atom stereocenters. The third-order valence-corrected chi connectivity index (χ3v) is 6.09. The highest BCUT2D eigenvalue weighted by Crippen LogP contribution is 2.47. The Hall–Kier alpha value is -3.19. The van der Waals surface area contributed by atoms with Crippen LogP contribution < -0.4 is 9.64 Å². The van der Waals surface area contributed by atoms with E-state index >= 15 is 0 Å². The second-order valence-corrected chi connectivity index (χ2v) is 9.13. The van der Waals surface area contributed by atoms with Gasteiger partial charge in [0.25, 0.3) is 5.91 Å². The van der Waals surface area contributed by atoms with E-state index in [9.17, 15) is 14.7 Å². The van der Waals surface area contributed by atoms with Crippen molar-refractivity contribution in [3.8, 4) is 5.75 Å². The predicted molar refractivity (Wildman–Crippen MR) is 117 cm³/mol. The van der Waals surface area contributed by atoms with Gasteiger partial charge in [0, 0.05) is 11.0 Å². The van der Waals surface area contributed by atoms with Gasteiger partial charge in [0.1, 0.15) is 11.8 Å². The third-order valence-electron chi connectivity index (χ3n) is 5.06. The van der Waals surface area contributed by atoms with Crippen molar-refractivity contribution in [3.05, 3.63) is 65.4 Å². The molecule has 0 aliphatic carbocycles. The molecule has 2 heterocycles. The molecular formula is C23H22N2O4S. The molecule has 1 aromatic heterocycles. The van der Waals surface area contributed by atoms with E-state index in [1.807, 2.05) is 36.4 Å². The lowest BCUT2D eigenvalue weighted by molar-refractivity contribution is -0.123. The first-order valence-corrected chi connectivity index (χ1v) is 10.4. The number of Topliss-reactive ketones (excluding diaryl/α,β-unsaturated/α-hetero) is 1. The normalized spacial score (nSPS) is 17.1. The van der Waals surface area contributed by atoms with Crippen LogP contribution in [0.15, 0.2) is 59.9 Å². The van der Waals surface area contributed by atoms with E-state index in [1.165, 1.54) is 23.3 Å². The summed E-state index contributed by atoms with van der Waals surface area (Å²) in [5.41, 5.74) is 0.646. The van der Waals surface area contributed by atoms with Gasteiger partial charge in [0.2, 0.25) is 0 Å². The van der Waals surface area contributed by atoms with Crippen LogP contribution in [0.5, 0.6) is 5.75 Å². The molecule has 30 heavy (non-hydrogen) atoms. The summed E-state index contributed by atoms with van der Waals surface area (Å²) in [7, 11) is 1.53. The van der Waals surface area contributed by atoms with Gasteiger partial charge >= 0.3 is 0 Å². The highest BCUT2D eigenvalue weighted by molar-refractivity contribution is 7.22. The number of fused-ring (bicyclic) bond motifs is 1. The topological polar surface area (TPSA) is 79.7 Å². The van der Waals surface area contributed by atoms with Gasteiger partial charge in [0.15, 0.2) is 16.7 Å². The fourth-order valence-corrected chi connectivity index (χ4v) is 4.58. The minimum absolute atomic E-state index is 0.0660. The second-order valence-electron chi connectivity index (χ2n) is 8.13. The molecule has 1 amide bonds.